The van der Waals surface area contributed by atoms with Gasteiger partial charge in [0.15, 0.2) is 0 Å². The van der Waals surface area contributed by atoms with E-state index in [4.69, 9.17) is 33.4 Å². The number of aliphatic hydroxyl groups excluding tert-OH is 2. The highest BCUT2D eigenvalue weighted by molar-refractivity contribution is 6.34. The van der Waals surface area contributed by atoms with E-state index in [2.05, 4.69) is 10.2 Å². The van der Waals surface area contributed by atoms with Gasteiger partial charge in [0.05, 0.1) is 23.2 Å². The van der Waals surface area contributed by atoms with Crippen LogP contribution in [0.3, 0.4) is 0 Å². The number of carbonyl (C=O) groups is 2. The van der Waals surface area contributed by atoms with Gasteiger partial charge < -0.3 is 25.3 Å². The van der Waals surface area contributed by atoms with Crippen LogP contribution in [0.25, 0.3) is 0 Å². The number of hydrogen-bond acceptors (Lipinski definition) is 6. The molecule has 8 nitrogen and oxygen atoms in total. The van der Waals surface area contributed by atoms with Crippen LogP contribution < -0.4 is 5.32 Å². The number of rotatable bonds is 7. The Morgan fingerprint density at radius 2 is 1.74 bits per heavy atom. The third-order valence-corrected chi connectivity index (χ3v) is 7.43. The standard InChI is InChI=1S/C21H31ClN4O3.C7H7Cl.CH4O/c1-3-20(28)25-8-6-17(7-9-25)26-13-16(14-26)23-15-4-5-18(19(22)12-15)21(29)24(2)10-11-27;1-6-3-2-4-7(8)5-6;1-2/h4-5,12,16-17,23,27H,3,6-11,13-14H2,1-2H3;2-5H,1H3;2H,1H3. The van der Waals surface area contributed by atoms with Crippen molar-refractivity contribution in [1.82, 2.24) is 14.7 Å². The average molecular weight is 582 g/mol. The molecule has 4 rings (SSSR count). The van der Waals surface area contributed by atoms with Crippen LogP contribution >= 0.6 is 23.2 Å². The SMILES string of the molecule is CCC(=O)N1CCC(N2CC(Nc3ccc(C(=O)N(C)CCO)c(Cl)c3)C2)CC1.CO.Cc1cccc(Cl)c1. The van der Waals surface area contributed by atoms with Crippen molar-refractivity contribution in [3.63, 3.8) is 0 Å². The molecule has 0 radical (unpaired) electrons. The summed E-state index contributed by atoms with van der Waals surface area (Å²) in [5.41, 5.74) is 2.55. The Kier molecular flexibility index (Phi) is 14.0. The minimum Gasteiger partial charge on any atom is -0.400 e. The third-order valence-electron chi connectivity index (χ3n) is 6.88. The summed E-state index contributed by atoms with van der Waals surface area (Å²) in [6.07, 6.45) is 2.68. The van der Waals surface area contributed by atoms with E-state index in [1.54, 1.807) is 19.2 Å². The molecule has 2 saturated heterocycles. The van der Waals surface area contributed by atoms with Crippen molar-refractivity contribution >= 4 is 40.7 Å². The fourth-order valence-corrected chi connectivity index (χ4v) is 5.19. The van der Waals surface area contributed by atoms with E-state index in [0.717, 1.165) is 56.8 Å². The molecule has 2 amide bonds. The summed E-state index contributed by atoms with van der Waals surface area (Å²) in [5.74, 6) is 0.0614. The lowest BCUT2D eigenvalue weighted by molar-refractivity contribution is -0.132. The fourth-order valence-electron chi connectivity index (χ4n) is 4.68. The maximum Gasteiger partial charge on any atom is 0.255 e. The van der Waals surface area contributed by atoms with Gasteiger partial charge in [-0.05, 0) is 55.7 Å². The molecular weight excluding hydrogens is 539 g/mol. The first-order chi connectivity index (χ1) is 18.7. The van der Waals surface area contributed by atoms with E-state index < -0.39 is 0 Å². The number of likely N-dealkylation sites (tertiary alicyclic amines) is 2. The first-order valence-corrected chi connectivity index (χ1v) is 14.1. The molecule has 216 valence electrons. The molecular formula is C29H42Cl2N4O4. The smallest absolute Gasteiger partial charge is 0.255 e. The van der Waals surface area contributed by atoms with Crippen molar-refractivity contribution in [3.05, 3.63) is 63.6 Å². The minimum atomic E-state index is -0.196. The van der Waals surface area contributed by atoms with Crippen molar-refractivity contribution < 1.29 is 19.8 Å². The predicted octanol–water partition coefficient (Wildman–Crippen LogP) is 4.16. The second-order valence-electron chi connectivity index (χ2n) is 9.70. The van der Waals surface area contributed by atoms with Crippen LogP contribution in [0, 0.1) is 6.92 Å². The Balaban J connectivity index is 0.000000451. The molecule has 10 heteroatoms. The summed E-state index contributed by atoms with van der Waals surface area (Å²) in [4.78, 5) is 30.1. The number of halogens is 2. The number of nitrogens with zero attached hydrogens (tertiary/aromatic N) is 3. The molecule has 0 aliphatic carbocycles. The molecule has 0 atom stereocenters. The quantitative estimate of drug-likeness (QED) is 0.455. The minimum absolute atomic E-state index is 0.0778. The van der Waals surface area contributed by atoms with Gasteiger partial charge in [0.1, 0.15) is 0 Å². The molecule has 2 fully saturated rings. The number of benzene rings is 2. The molecule has 2 aromatic rings. The molecule has 0 saturated carbocycles. The highest BCUT2D eigenvalue weighted by Gasteiger charge is 2.34. The number of hydrogen-bond donors (Lipinski definition) is 3. The Morgan fingerprint density at radius 1 is 1.08 bits per heavy atom. The second kappa shape index (κ2) is 16.7. The fraction of sp³-hybridized carbons (Fsp3) is 0.517. The summed E-state index contributed by atoms with van der Waals surface area (Å²) in [6, 6.07) is 14.1. The number of aliphatic hydroxyl groups is 2. The Labute approximate surface area is 242 Å². The summed E-state index contributed by atoms with van der Waals surface area (Å²) < 4.78 is 0. The van der Waals surface area contributed by atoms with Gasteiger partial charge in [0, 0.05) is 70.1 Å². The lowest BCUT2D eigenvalue weighted by Gasteiger charge is -2.47. The number of amides is 2. The third kappa shape index (κ3) is 9.96. The number of nitrogens with one attached hydrogen (secondary N) is 1. The zero-order valence-electron chi connectivity index (χ0n) is 23.4. The van der Waals surface area contributed by atoms with Crippen LogP contribution in [-0.4, -0.2) is 102 Å². The first-order valence-electron chi connectivity index (χ1n) is 13.3. The average Bonchev–Trinajstić information content (AvgIpc) is 2.91. The molecule has 3 N–H and O–H groups in total. The van der Waals surface area contributed by atoms with Crippen LogP contribution in [0.1, 0.15) is 42.1 Å². The Bertz CT molecular complexity index is 1040. The maximum absolute atomic E-state index is 12.3. The topological polar surface area (TPSA) is 96.4 Å². The highest BCUT2D eigenvalue weighted by Crippen LogP contribution is 2.27. The van der Waals surface area contributed by atoms with Crippen molar-refractivity contribution in [2.45, 2.75) is 45.2 Å². The predicted molar refractivity (Wildman–Crippen MR) is 159 cm³/mol. The molecule has 2 heterocycles. The van der Waals surface area contributed by atoms with E-state index in [1.807, 2.05) is 49.1 Å². The van der Waals surface area contributed by atoms with Crippen LogP contribution in [0.4, 0.5) is 5.69 Å². The maximum atomic E-state index is 12.3. The van der Waals surface area contributed by atoms with Gasteiger partial charge in [-0.15, -0.1) is 0 Å². The lowest BCUT2D eigenvalue weighted by atomic mass is 9.97. The van der Waals surface area contributed by atoms with Crippen molar-refractivity contribution in [2.24, 2.45) is 0 Å². The summed E-state index contributed by atoms with van der Waals surface area (Å²) >= 11 is 12.0. The van der Waals surface area contributed by atoms with Crippen LogP contribution in [-0.2, 0) is 4.79 Å². The van der Waals surface area contributed by atoms with E-state index in [-0.39, 0.29) is 25.0 Å². The zero-order chi connectivity index (χ0) is 28.9. The van der Waals surface area contributed by atoms with Crippen molar-refractivity contribution in [2.75, 3.05) is 58.8 Å². The van der Waals surface area contributed by atoms with Gasteiger partial charge in [-0.3, -0.25) is 14.5 Å². The van der Waals surface area contributed by atoms with Gasteiger partial charge in [0.25, 0.3) is 5.91 Å². The molecule has 0 spiro atoms. The second-order valence-corrected chi connectivity index (χ2v) is 10.5. The van der Waals surface area contributed by atoms with Crippen LogP contribution in [0.15, 0.2) is 42.5 Å². The first kappa shape index (κ1) is 32.8. The lowest BCUT2D eigenvalue weighted by Crippen LogP contribution is -2.60. The number of likely N-dealkylation sites (N-methyl/N-ethyl adjacent to an activating group) is 1. The van der Waals surface area contributed by atoms with E-state index in [9.17, 15) is 9.59 Å². The highest BCUT2D eigenvalue weighted by atomic mass is 35.5. The molecule has 2 aliphatic heterocycles. The van der Waals surface area contributed by atoms with Gasteiger partial charge in [-0.2, -0.15) is 0 Å². The molecule has 0 bridgehead atoms. The molecule has 2 aliphatic rings. The van der Waals surface area contributed by atoms with Crippen LogP contribution in [0.2, 0.25) is 10.0 Å². The van der Waals surface area contributed by atoms with Gasteiger partial charge in [0.2, 0.25) is 5.91 Å². The number of piperidine rings is 1. The number of carbonyl (C=O) groups excluding carboxylic acids is 2. The zero-order valence-corrected chi connectivity index (χ0v) is 24.9. The normalized spacial score (nSPS) is 15.7. The molecule has 0 unspecified atom stereocenters. The van der Waals surface area contributed by atoms with Crippen molar-refractivity contribution in [3.8, 4) is 0 Å². The number of anilines is 1. The largest absolute Gasteiger partial charge is 0.400 e. The number of aryl methyl sites for hydroxylation is 1. The molecule has 2 aromatic carbocycles. The summed E-state index contributed by atoms with van der Waals surface area (Å²) in [5, 5.41) is 20.7. The van der Waals surface area contributed by atoms with E-state index in [1.165, 1.54) is 10.5 Å². The van der Waals surface area contributed by atoms with Crippen LogP contribution in [0.5, 0.6) is 0 Å². The summed E-state index contributed by atoms with van der Waals surface area (Å²) in [7, 11) is 2.65. The molecule has 39 heavy (non-hydrogen) atoms. The Morgan fingerprint density at radius 3 is 2.26 bits per heavy atom. The van der Waals surface area contributed by atoms with Gasteiger partial charge >= 0.3 is 0 Å². The Hall–Kier alpha value is -2.36. The van der Waals surface area contributed by atoms with Gasteiger partial charge in [-0.25, -0.2) is 0 Å². The van der Waals surface area contributed by atoms with E-state index in [0.29, 0.717) is 29.1 Å². The summed E-state index contributed by atoms with van der Waals surface area (Å²) in [6.45, 7) is 7.82. The monoisotopic (exact) mass is 580 g/mol. The van der Waals surface area contributed by atoms with E-state index >= 15 is 0 Å². The van der Waals surface area contributed by atoms with Gasteiger partial charge in [-0.1, -0.05) is 42.3 Å². The molecule has 0 aromatic heterocycles. The van der Waals surface area contributed by atoms with Crippen molar-refractivity contribution in [1.29, 1.82) is 0 Å².